The quantitative estimate of drug-likeness (QED) is 0.714. The van der Waals surface area contributed by atoms with Gasteiger partial charge < -0.3 is 14.4 Å². The molecule has 112 valence electrons. The van der Waals surface area contributed by atoms with Crippen molar-refractivity contribution < 1.29 is 9.47 Å². The summed E-state index contributed by atoms with van der Waals surface area (Å²) in [5.74, 6) is 2.41. The summed E-state index contributed by atoms with van der Waals surface area (Å²) in [7, 11) is 4.13. The van der Waals surface area contributed by atoms with Crippen molar-refractivity contribution in [1.82, 2.24) is 4.90 Å². The second-order valence-corrected chi connectivity index (χ2v) is 5.32. The highest BCUT2D eigenvalue weighted by Crippen LogP contribution is 2.32. The van der Waals surface area contributed by atoms with Crippen LogP contribution in [0.4, 0.5) is 0 Å². The van der Waals surface area contributed by atoms with Crippen LogP contribution in [-0.2, 0) is 0 Å². The molecule has 0 saturated heterocycles. The van der Waals surface area contributed by atoms with Gasteiger partial charge in [-0.1, -0.05) is 30.3 Å². The maximum Gasteiger partial charge on any atom is 0.169 e. The van der Waals surface area contributed by atoms with Gasteiger partial charge in [0.25, 0.3) is 0 Å². The molecular formula is C18H23NO2. The second kappa shape index (κ2) is 7.70. The van der Waals surface area contributed by atoms with E-state index in [9.17, 15) is 0 Å². The summed E-state index contributed by atoms with van der Waals surface area (Å²) in [5, 5.41) is 0. The van der Waals surface area contributed by atoms with E-state index in [2.05, 4.69) is 19.0 Å². The number of benzene rings is 2. The number of hydrogen-bond acceptors (Lipinski definition) is 3. The Kier molecular flexibility index (Phi) is 5.64. The monoisotopic (exact) mass is 285 g/mol. The minimum absolute atomic E-state index is 0.687. The molecule has 0 heterocycles. The van der Waals surface area contributed by atoms with Gasteiger partial charge in [0.1, 0.15) is 5.75 Å². The fourth-order valence-corrected chi connectivity index (χ4v) is 2.01. The van der Waals surface area contributed by atoms with Crippen LogP contribution in [0.2, 0.25) is 0 Å². The molecule has 3 heteroatoms. The van der Waals surface area contributed by atoms with Crippen molar-refractivity contribution in [2.75, 3.05) is 27.2 Å². The van der Waals surface area contributed by atoms with Gasteiger partial charge in [0, 0.05) is 6.54 Å². The molecule has 0 aromatic heterocycles. The lowest BCUT2D eigenvalue weighted by molar-refractivity contribution is 0.272. The molecule has 0 saturated carbocycles. The van der Waals surface area contributed by atoms with Crippen molar-refractivity contribution in [3.63, 3.8) is 0 Å². The molecule has 2 aromatic rings. The first-order chi connectivity index (χ1) is 10.2. The molecule has 0 amide bonds. The Hall–Kier alpha value is -2.00. The number of para-hydroxylation sites is 3. The minimum Gasteiger partial charge on any atom is -0.490 e. The van der Waals surface area contributed by atoms with Gasteiger partial charge >= 0.3 is 0 Å². The van der Waals surface area contributed by atoms with Crippen LogP contribution < -0.4 is 9.47 Å². The molecule has 0 aliphatic heterocycles. The predicted molar refractivity (Wildman–Crippen MR) is 86.4 cm³/mol. The zero-order chi connectivity index (χ0) is 15.1. The van der Waals surface area contributed by atoms with Gasteiger partial charge in [0.05, 0.1) is 6.61 Å². The van der Waals surface area contributed by atoms with E-state index in [-0.39, 0.29) is 0 Å². The maximum absolute atomic E-state index is 5.98. The van der Waals surface area contributed by atoms with E-state index in [0.29, 0.717) is 6.61 Å². The second-order valence-electron chi connectivity index (χ2n) is 5.32. The smallest absolute Gasteiger partial charge is 0.169 e. The van der Waals surface area contributed by atoms with Crippen LogP contribution in [0, 0.1) is 6.92 Å². The van der Waals surface area contributed by atoms with Crippen molar-refractivity contribution in [2.45, 2.75) is 13.3 Å². The van der Waals surface area contributed by atoms with Crippen molar-refractivity contribution >= 4 is 0 Å². The summed E-state index contributed by atoms with van der Waals surface area (Å²) in [6, 6.07) is 15.8. The molecule has 2 rings (SSSR count). The SMILES string of the molecule is Cc1ccccc1Oc1ccccc1OCCCN(C)C. The normalized spacial score (nSPS) is 10.7. The molecule has 0 atom stereocenters. The van der Waals surface area contributed by atoms with Crippen molar-refractivity contribution in [3.8, 4) is 17.2 Å². The van der Waals surface area contributed by atoms with E-state index in [1.807, 2.05) is 55.5 Å². The fraction of sp³-hybridized carbons (Fsp3) is 0.333. The van der Waals surface area contributed by atoms with Crippen molar-refractivity contribution in [3.05, 3.63) is 54.1 Å². The molecule has 0 aliphatic carbocycles. The first-order valence-electron chi connectivity index (χ1n) is 7.27. The summed E-state index contributed by atoms with van der Waals surface area (Å²) in [4.78, 5) is 2.15. The lowest BCUT2D eigenvalue weighted by atomic mass is 10.2. The van der Waals surface area contributed by atoms with Gasteiger partial charge in [-0.3, -0.25) is 0 Å². The number of rotatable bonds is 7. The summed E-state index contributed by atoms with van der Waals surface area (Å²) in [6.45, 7) is 3.74. The Bertz CT molecular complexity index is 567. The first kappa shape index (κ1) is 15.4. The van der Waals surface area contributed by atoms with Gasteiger partial charge in [0.2, 0.25) is 0 Å². The Morgan fingerprint density at radius 3 is 2.14 bits per heavy atom. The lowest BCUT2D eigenvalue weighted by Crippen LogP contribution is -2.15. The van der Waals surface area contributed by atoms with E-state index >= 15 is 0 Å². The molecule has 21 heavy (non-hydrogen) atoms. The number of aryl methyl sites for hydroxylation is 1. The average Bonchev–Trinajstić information content (AvgIpc) is 2.47. The van der Waals surface area contributed by atoms with Crippen LogP contribution in [0.15, 0.2) is 48.5 Å². The molecule has 0 N–H and O–H groups in total. The van der Waals surface area contributed by atoms with Crippen molar-refractivity contribution in [2.24, 2.45) is 0 Å². The standard InChI is InChI=1S/C18H23NO2/c1-15-9-4-5-10-16(15)21-18-12-7-6-11-17(18)20-14-8-13-19(2)3/h4-7,9-12H,8,13-14H2,1-3H3. The van der Waals surface area contributed by atoms with E-state index < -0.39 is 0 Å². The third kappa shape index (κ3) is 4.80. The third-order valence-electron chi connectivity index (χ3n) is 3.17. The van der Waals surface area contributed by atoms with E-state index in [0.717, 1.165) is 35.8 Å². The minimum atomic E-state index is 0.687. The highest BCUT2D eigenvalue weighted by molar-refractivity contribution is 5.44. The van der Waals surface area contributed by atoms with E-state index in [1.54, 1.807) is 0 Å². The largest absolute Gasteiger partial charge is 0.490 e. The molecule has 0 bridgehead atoms. The van der Waals surface area contributed by atoms with Crippen LogP contribution in [-0.4, -0.2) is 32.1 Å². The zero-order valence-corrected chi connectivity index (χ0v) is 13.0. The molecule has 0 aliphatic rings. The highest BCUT2D eigenvalue weighted by Gasteiger charge is 2.07. The highest BCUT2D eigenvalue weighted by atomic mass is 16.5. The summed E-state index contributed by atoms with van der Waals surface area (Å²) < 4.78 is 11.8. The van der Waals surface area contributed by atoms with Crippen LogP contribution >= 0.6 is 0 Å². The van der Waals surface area contributed by atoms with Crippen LogP contribution in [0.1, 0.15) is 12.0 Å². The molecule has 0 unspecified atom stereocenters. The number of hydrogen-bond donors (Lipinski definition) is 0. The lowest BCUT2D eigenvalue weighted by Gasteiger charge is -2.14. The molecule has 2 aromatic carbocycles. The van der Waals surface area contributed by atoms with Gasteiger partial charge in [-0.05, 0) is 51.2 Å². The molecule has 0 radical (unpaired) electrons. The first-order valence-corrected chi connectivity index (χ1v) is 7.27. The molecule has 3 nitrogen and oxygen atoms in total. The van der Waals surface area contributed by atoms with Crippen LogP contribution in [0.25, 0.3) is 0 Å². The van der Waals surface area contributed by atoms with Gasteiger partial charge in [-0.25, -0.2) is 0 Å². The number of nitrogens with zero attached hydrogens (tertiary/aromatic N) is 1. The zero-order valence-electron chi connectivity index (χ0n) is 13.0. The Balaban J connectivity index is 2.01. The van der Waals surface area contributed by atoms with E-state index in [4.69, 9.17) is 9.47 Å². The van der Waals surface area contributed by atoms with Crippen LogP contribution in [0.5, 0.6) is 17.2 Å². The fourth-order valence-electron chi connectivity index (χ4n) is 2.01. The van der Waals surface area contributed by atoms with Crippen molar-refractivity contribution in [1.29, 1.82) is 0 Å². The van der Waals surface area contributed by atoms with E-state index in [1.165, 1.54) is 0 Å². The Morgan fingerprint density at radius 1 is 0.857 bits per heavy atom. The Labute approximate surface area is 127 Å². The predicted octanol–water partition coefficient (Wildman–Crippen LogP) is 4.12. The topological polar surface area (TPSA) is 21.7 Å². The van der Waals surface area contributed by atoms with Gasteiger partial charge in [-0.15, -0.1) is 0 Å². The molecule has 0 spiro atoms. The summed E-state index contributed by atoms with van der Waals surface area (Å²) >= 11 is 0. The third-order valence-corrected chi connectivity index (χ3v) is 3.17. The Morgan fingerprint density at radius 2 is 1.48 bits per heavy atom. The molecule has 0 fully saturated rings. The maximum atomic E-state index is 5.98. The summed E-state index contributed by atoms with van der Waals surface area (Å²) in [5.41, 5.74) is 1.11. The van der Waals surface area contributed by atoms with Crippen LogP contribution in [0.3, 0.4) is 0 Å². The van der Waals surface area contributed by atoms with Gasteiger partial charge in [-0.2, -0.15) is 0 Å². The number of ether oxygens (including phenoxy) is 2. The summed E-state index contributed by atoms with van der Waals surface area (Å²) in [6.07, 6.45) is 0.992. The molecular weight excluding hydrogens is 262 g/mol. The van der Waals surface area contributed by atoms with Gasteiger partial charge in [0.15, 0.2) is 11.5 Å². The average molecular weight is 285 g/mol.